The lowest BCUT2D eigenvalue weighted by Gasteiger charge is -2.30. The lowest BCUT2D eigenvalue weighted by Crippen LogP contribution is -2.37. The fourth-order valence-electron chi connectivity index (χ4n) is 1.74. The van der Waals surface area contributed by atoms with Crippen LogP contribution in [-0.4, -0.2) is 18.2 Å². The molecule has 0 aliphatic rings. The van der Waals surface area contributed by atoms with Gasteiger partial charge >= 0.3 is 5.97 Å². The Bertz CT molecular complexity index is 477. The lowest BCUT2D eigenvalue weighted by molar-refractivity contribution is -0.152. The Kier molecular flexibility index (Phi) is 6.32. The van der Waals surface area contributed by atoms with Gasteiger partial charge in [-0.05, 0) is 32.4 Å². The molecule has 0 saturated heterocycles. The summed E-state index contributed by atoms with van der Waals surface area (Å²) < 4.78 is 5.43. The monoisotopic (exact) mass is 351 g/mol. The number of aromatic hydroxyl groups is 1. The van der Waals surface area contributed by atoms with Crippen molar-refractivity contribution in [1.29, 1.82) is 0 Å². The average Bonchev–Trinajstić information content (AvgIpc) is 2.33. The van der Waals surface area contributed by atoms with Gasteiger partial charge in [-0.25, -0.2) is 0 Å². The lowest BCUT2D eigenvalue weighted by atomic mass is 9.80. The van der Waals surface area contributed by atoms with Crippen molar-refractivity contribution in [1.82, 2.24) is 0 Å². The molecule has 6 heteroatoms. The number of phenols is 1. The van der Waals surface area contributed by atoms with E-state index in [-0.39, 0.29) is 18.2 Å². The molecule has 1 rings (SSSR count). The van der Waals surface area contributed by atoms with Crippen molar-refractivity contribution in [2.45, 2.75) is 26.8 Å². The number of hydrogen-bond acceptors (Lipinski definition) is 4. The second kappa shape index (κ2) is 6.59. The molecule has 0 aliphatic heterocycles. The first-order valence-electron chi connectivity index (χ1n) is 5.55. The number of methoxy groups -OCH3 is 1. The van der Waals surface area contributed by atoms with E-state index in [4.69, 9.17) is 10.5 Å². The van der Waals surface area contributed by atoms with E-state index >= 15 is 0 Å². The Morgan fingerprint density at radius 3 is 2.47 bits per heavy atom. The summed E-state index contributed by atoms with van der Waals surface area (Å²) in [7, 11) is 1.32. The van der Waals surface area contributed by atoms with E-state index in [0.717, 1.165) is 0 Å². The Hall–Kier alpha value is -0.780. The molecule has 108 valence electrons. The maximum absolute atomic E-state index is 11.8. The maximum atomic E-state index is 11.8. The van der Waals surface area contributed by atoms with Crippen LogP contribution in [0.5, 0.6) is 5.75 Å². The van der Waals surface area contributed by atoms with Crippen molar-refractivity contribution in [3.05, 3.63) is 27.7 Å². The number of benzene rings is 1. The van der Waals surface area contributed by atoms with Crippen LogP contribution >= 0.6 is 28.3 Å². The fourth-order valence-corrected chi connectivity index (χ4v) is 2.31. The zero-order valence-corrected chi connectivity index (χ0v) is 13.8. The quantitative estimate of drug-likeness (QED) is 0.820. The third-order valence-corrected chi connectivity index (χ3v) is 3.86. The van der Waals surface area contributed by atoms with E-state index < -0.39 is 17.4 Å². The number of halogens is 2. The Labute approximate surface area is 127 Å². The first kappa shape index (κ1) is 18.2. The van der Waals surface area contributed by atoms with Gasteiger partial charge < -0.3 is 15.6 Å². The fraction of sp³-hybridized carbons (Fsp3) is 0.462. The van der Waals surface area contributed by atoms with Crippen molar-refractivity contribution in [2.24, 2.45) is 11.1 Å². The SMILES string of the molecule is COC(=O)C(C)(C)[C@@H](N)c1c(Br)ccc(C)c1O.Cl. The molecule has 3 N–H and O–H groups in total. The van der Waals surface area contributed by atoms with Crippen LogP contribution in [0.2, 0.25) is 0 Å². The highest BCUT2D eigenvalue weighted by atomic mass is 79.9. The molecule has 0 spiro atoms. The summed E-state index contributed by atoms with van der Waals surface area (Å²) in [6.45, 7) is 5.17. The molecule has 0 fully saturated rings. The first-order chi connectivity index (χ1) is 8.23. The summed E-state index contributed by atoms with van der Waals surface area (Å²) in [5, 5.41) is 10.1. The number of hydrogen-bond donors (Lipinski definition) is 2. The second-order valence-corrected chi connectivity index (χ2v) is 5.67. The van der Waals surface area contributed by atoms with Crippen LogP contribution in [-0.2, 0) is 9.53 Å². The number of nitrogens with two attached hydrogens (primary N) is 1. The average molecular weight is 353 g/mol. The Morgan fingerprint density at radius 1 is 1.47 bits per heavy atom. The molecule has 0 saturated carbocycles. The normalized spacial score (nSPS) is 12.5. The molecule has 0 unspecified atom stereocenters. The molecule has 19 heavy (non-hydrogen) atoms. The van der Waals surface area contributed by atoms with Crippen molar-refractivity contribution < 1.29 is 14.6 Å². The van der Waals surface area contributed by atoms with Gasteiger partial charge in [0.05, 0.1) is 18.6 Å². The van der Waals surface area contributed by atoms with Gasteiger partial charge in [0.2, 0.25) is 0 Å². The number of phenolic OH excluding ortho intramolecular Hbond substituents is 1. The molecule has 1 atom stereocenters. The number of carbonyl (C=O) groups is 1. The second-order valence-electron chi connectivity index (χ2n) is 4.82. The van der Waals surface area contributed by atoms with E-state index in [9.17, 15) is 9.90 Å². The molecular formula is C13H19BrClNO3. The van der Waals surface area contributed by atoms with E-state index in [1.54, 1.807) is 32.9 Å². The van der Waals surface area contributed by atoms with Gasteiger partial charge in [-0.3, -0.25) is 4.79 Å². The zero-order valence-electron chi connectivity index (χ0n) is 11.4. The molecule has 4 nitrogen and oxygen atoms in total. The Balaban J connectivity index is 0.00000324. The number of rotatable bonds is 3. The molecule has 0 bridgehead atoms. The summed E-state index contributed by atoms with van der Waals surface area (Å²) in [5.74, 6) is -0.309. The first-order valence-corrected chi connectivity index (χ1v) is 6.34. The van der Waals surface area contributed by atoms with Gasteiger partial charge in [-0.15, -0.1) is 12.4 Å². The van der Waals surface area contributed by atoms with Crippen LogP contribution < -0.4 is 5.73 Å². The summed E-state index contributed by atoms with van der Waals surface area (Å²) >= 11 is 3.35. The van der Waals surface area contributed by atoms with Gasteiger partial charge in [0.25, 0.3) is 0 Å². The highest BCUT2D eigenvalue weighted by Gasteiger charge is 2.38. The van der Waals surface area contributed by atoms with E-state index in [2.05, 4.69) is 15.9 Å². The van der Waals surface area contributed by atoms with Crippen LogP contribution in [0.25, 0.3) is 0 Å². The summed E-state index contributed by atoms with van der Waals surface area (Å²) in [4.78, 5) is 11.8. The minimum Gasteiger partial charge on any atom is -0.507 e. The highest BCUT2D eigenvalue weighted by Crippen LogP contribution is 2.41. The van der Waals surface area contributed by atoms with Gasteiger partial charge in [-0.1, -0.05) is 22.0 Å². The van der Waals surface area contributed by atoms with Crippen LogP contribution in [0.4, 0.5) is 0 Å². The van der Waals surface area contributed by atoms with Gasteiger partial charge in [0.15, 0.2) is 0 Å². The minimum absolute atomic E-state index is 0. The predicted octanol–water partition coefficient (Wildman–Crippen LogP) is 3.08. The third-order valence-electron chi connectivity index (χ3n) is 3.17. The molecule has 1 aromatic carbocycles. The Morgan fingerprint density at radius 2 is 2.00 bits per heavy atom. The van der Waals surface area contributed by atoms with Crippen LogP contribution in [0.1, 0.15) is 31.0 Å². The summed E-state index contributed by atoms with van der Waals surface area (Å²) in [6.07, 6.45) is 0. The van der Waals surface area contributed by atoms with E-state index in [1.807, 2.05) is 0 Å². The van der Waals surface area contributed by atoms with E-state index in [1.165, 1.54) is 7.11 Å². The third kappa shape index (κ3) is 3.41. The molecule has 0 heterocycles. The molecule has 0 aromatic heterocycles. The predicted molar refractivity (Wildman–Crippen MR) is 80.5 cm³/mol. The van der Waals surface area contributed by atoms with Gasteiger partial charge in [0.1, 0.15) is 5.75 Å². The number of carbonyl (C=O) groups excluding carboxylic acids is 1. The number of esters is 1. The number of ether oxygens (including phenoxy) is 1. The van der Waals surface area contributed by atoms with Crippen molar-refractivity contribution in [2.75, 3.05) is 7.11 Å². The van der Waals surface area contributed by atoms with Gasteiger partial charge in [-0.2, -0.15) is 0 Å². The van der Waals surface area contributed by atoms with Crippen molar-refractivity contribution >= 4 is 34.3 Å². The van der Waals surface area contributed by atoms with E-state index in [0.29, 0.717) is 15.6 Å². The summed E-state index contributed by atoms with van der Waals surface area (Å²) in [5.41, 5.74) is 6.43. The molecule has 1 aromatic rings. The van der Waals surface area contributed by atoms with Crippen LogP contribution in [0.15, 0.2) is 16.6 Å². The number of aryl methyl sites for hydroxylation is 1. The highest BCUT2D eigenvalue weighted by molar-refractivity contribution is 9.10. The zero-order chi connectivity index (χ0) is 14.1. The topological polar surface area (TPSA) is 72.5 Å². The minimum atomic E-state index is -0.928. The van der Waals surface area contributed by atoms with Crippen molar-refractivity contribution in [3.63, 3.8) is 0 Å². The van der Waals surface area contributed by atoms with Crippen molar-refractivity contribution in [3.8, 4) is 5.75 Å². The smallest absolute Gasteiger partial charge is 0.313 e. The molecule has 0 radical (unpaired) electrons. The molecular weight excluding hydrogens is 334 g/mol. The molecule has 0 amide bonds. The molecule has 0 aliphatic carbocycles. The van der Waals surface area contributed by atoms with Gasteiger partial charge in [0, 0.05) is 10.0 Å². The largest absolute Gasteiger partial charge is 0.507 e. The van der Waals surface area contributed by atoms with Crippen LogP contribution in [0.3, 0.4) is 0 Å². The van der Waals surface area contributed by atoms with Crippen LogP contribution in [0, 0.1) is 12.3 Å². The maximum Gasteiger partial charge on any atom is 0.313 e. The standard InChI is InChI=1S/C13H18BrNO3.ClH/c1-7-5-6-8(14)9(10(7)16)11(15)13(2,3)12(17)18-4;/h5-6,11,16H,15H2,1-4H3;1H/t11-;/m0./s1. The summed E-state index contributed by atoms with van der Waals surface area (Å²) in [6, 6.07) is 2.91.